The van der Waals surface area contributed by atoms with Crippen LogP contribution in [0.4, 0.5) is 0 Å². The quantitative estimate of drug-likeness (QED) is 0.434. The molecule has 14 heavy (non-hydrogen) atoms. The van der Waals surface area contributed by atoms with Crippen LogP contribution < -0.4 is 5.84 Å². The first-order valence-electron chi connectivity index (χ1n) is 4.13. The standard InChI is InChI=1S/C7H12N4O2S/c1-3-13-6(12)5(2)14-7-10-9-4-11(7)8/h4-5H,3,8H2,1-2H3. The SMILES string of the molecule is CCOC(=O)C(C)Sc1nncn1N. The van der Waals surface area contributed by atoms with Crippen LogP contribution in [0.1, 0.15) is 13.8 Å². The third kappa shape index (κ3) is 2.63. The Morgan fingerprint density at radius 1 is 1.86 bits per heavy atom. The summed E-state index contributed by atoms with van der Waals surface area (Å²) in [5.41, 5.74) is 0. The molecule has 0 aromatic carbocycles. The van der Waals surface area contributed by atoms with Crippen LogP contribution in [0.25, 0.3) is 0 Å². The molecule has 2 N–H and O–H groups in total. The van der Waals surface area contributed by atoms with E-state index in [1.165, 1.54) is 22.8 Å². The van der Waals surface area contributed by atoms with Gasteiger partial charge in [-0.15, -0.1) is 10.2 Å². The molecule has 0 amide bonds. The molecular formula is C7H12N4O2S. The number of rotatable bonds is 4. The highest BCUT2D eigenvalue weighted by molar-refractivity contribution is 8.00. The van der Waals surface area contributed by atoms with Crippen molar-refractivity contribution in [2.45, 2.75) is 24.3 Å². The Balaban J connectivity index is 2.52. The van der Waals surface area contributed by atoms with E-state index in [9.17, 15) is 4.79 Å². The van der Waals surface area contributed by atoms with Gasteiger partial charge in [0.15, 0.2) is 0 Å². The van der Waals surface area contributed by atoms with Gasteiger partial charge in [-0.25, -0.2) is 4.68 Å². The predicted octanol–water partition coefficient (Wildman–Crippen LogP) is 0.0356. The zero-order chi connectivity index (χ0) is 10.6. The highest BCUT2D eigenvalue weighted by atomic mass is 32.2. The van der Waals surface area contributed by atoms with Crippen molar-refractivity contribution < 1.29 is 9.53 Å². The number of nitrogens with two attached hydrogens (primary N) is 1. The third-order valence-corrected chi connectivity index (χ3v) is 2.49. The molecule has 1 atom stereocenters. The van der Waals surface area contributed by atoms with E-state index >= 15 is 0 Å². The normalized spacial score (nSPS) is 12.4. The Labute approximate surface area is 85.8 Å². The highest BCUT2D eigenvalue weighted by Gasteiger charge is 2.17. The lowest BCUT2D eigenvalue weighted by molar-refractivity contribution is -0.142. The number of nitrogens with zero attached hydrogens (tertiary/aromatic N) is 3. The van der Waals surface area contributed by atoms with Crippen LogP contribution in [0.3, 0.4) is 0 Å². The fraction of sp³-hybridized carbons (Fsp3) is 0.571. The summed E-state index contributed by atoms with van der Waals surface area (Å²) < 4.78 is 6.10. The number of thioether (sulfide) groups is 1. The smallest absolute Gasteiger partial charge is 0.319 e. The Morgan fingerprint density at radius 3 is 3.07 bits per heavy atom. The number of ether oxygens (including phenoxy) is 1. The molecule has 1 heterocycles. The molecule has 0 aliphatic rings. The van der Waals surface area contributed by atoms with Gasteiger partial charge in [0.2, 0.25) is 5.16 Å². The molecule has 0 aliphatic heterocycles. The molecule has 1 unspecified atom stereocenters. The van der Waals surface area contributed by atoms with Crippen LogP contribution in [0.5, 0.6) is 0 Å². The number of esters is 1. The highest BCUT2D eigenvalue weighted by Crippen LogP contribution is 2.19. The minimum Gasteiger partial charge on any atom is -0.465 e. The molecule has 0 bridgehead atoms. The number of aromatic nitrogens is 3. The van der Waals surface area contributed by atoms with E-state index in [2.05, 4.69) is 10.2 Å². The van der Waals surface area contributed by atoms with Gasteiger partial charge in [-0.1, -0.05) is 11.8 Å². The molecule has 0 aliphatic carbocycles. The van der Waals surface area contributed by atoms with Crippen molar-refractivity contribution in [2.75, 3.05) is 12.4 Å². The van der Waals surface area contributed by atoms with Crippen molar-refractivity contribution in [3.8, 4) is 0 Å². The van der Waals surface area contributed by atoms with Crippen LogP contribution in [-0.2, 0) is 9.53 Å². The fourth-order valence-corrected chi connectivity index (χ4v) is 1.53. The maximum atomic E-state index is 11.2. The van der Waals surface area contributed by atoms with Crippen LogP contribution in [0.15, 0.2) is 11.5 Å². The topological polar surface area (TPSA) is 83.0 Å². The Bertz CT molecular complexity index is 314. The monoisotopic (exact) mass is 216 g/mol. The van der Waals surface area contributed by atoms with E-state index in [1.807, 2.05) is 0 Å². The predicted molar refractivity (Wildman–Crippen MR) is 52.1 cm³/mol. The van der Waals surface area contributed by atoms with E-state index < -0.39 is 0 Å². The molecule has 78 valence electrons. The molecule has 0 saturated heterocycles. The van der Waals surface area contributed by atoms with E-state index in [0.717, 1.165) is 0 Å². The molecule has 1 aromatic heterocycles. The lowest BCUT2D eigenvalue weighted by Crippen LogP contribution is -2.18. The molecule has 0 spiro atoms. The van der Waals surface area contributed by atoms with Gasteiger partial charge in [0.25, 0.3) is 0 Å². The number of carbonyl (C=O) groups excluding carboxylic acids is 1. The van der Waals surface area contributed by atoms with Gasteiger partial charge < -0.3 is 10.6 Å². The maximum absolute atomic E-state index is 11.2. The van der Waals surface area contributed by atoms with E-state index in [-0.39, 0.29) is 11.2 Å². The van der Waals surface area contributed by atoms with Gasteiger partial charge in [0.05, 0.1) is 6.61 Å². The van der Waals surface area contributed by atoms with Crippen molar-refractivity contribution >= 4 is 17.7 Å². The lowest BCUT2D eigenvalue weighted by Gasteiger charge is -2.08. The van der Waals surface area contributed by atoms with E-state index in [0.29, 0.717) is 11.8 Å². The van der Waals surface area contributed by atoms with E-state index in [4.69, 9.17) is 10.6 Å². The Hall–Kier alpha value is -1.24. The molecule has 0 saturated carbocycles. The van der Waals surface area contributed by atoms with Crippen molar-refractivity contribution in [1.82, 2.24) is 14.9 Å². The second kappa shape index (κ2) is 4.85. The summed E-state index contributed by atoms with van der Waals surface area (Å²) in [5, 5.41) is 7.50. The molecule has 6 nitrogen and oxygen atoms in total. The van der Waals surface area contributed by atoms with Crippen LogP contribution >= 0.6 is 11.8 Å². The minimum absolute atomic E-state index is 0.277. The van der Waals surface area contributed by atoms with Crippen molar-refractivity contribution in [2.24, 2.45) is 0 Å². The van der Waals surface area contributed by atoms with Gasteiger partial charge in [0, 0.05) is 0 Å². The largest absolute Gasteiger partial charge is 0.465 e. The average molecular weight is 216 g/mol. The number of nitrogen functional groups attached to an aromatic ring is 1. The summed E-state index contributed by atoms with van der Waals surface area (Å²) in [5.74, 6) is 5.20. The second-order valence-corrected chi connectivity index (χ2v) is 3.84. The molecular weight excluding hydrogens is 204 g/mol. The van der Waals surface area contributed by atoms with E-state index in [1.54, 1.807) is 13.8 Å². The first-order valence-corrected chi connectivity index (χ1v) is 5.01. The second-order valence-electron chi connectivity index (χ2n) is 2.53. The zero-order valence-corrected chi connectivity index (χ0v) is 8.82. The molecule has 0 radical (unpaired) electrons. The molecule has 1 rings (SSSR count). The summed E-state index contributed by atoms with van der Waals surface area (Å²) >= 11 is 1.21. The number of hydrogen-bond acceptors (Lipinski definition) is 6. The average Bonchev–Trinajstić information content (AvgIpc) is 2.52. The van der Waals surface area contributed by atoms with Crippen molar-refractivity contribution in [1.29, 1.82) is 0 Å². The van der Waals surface area contributed by atoms with Crippen molar-refractivity contribution in [3.05, 3.63) is 6.33 Å². The van der Waals surface area contributed by atoms with Gasteiger partial charge in [0.1, 0.15) is 11.6 Å². The zero-order valence-electron chi connectivity index (χ0n) is 8.01. The van der Waals surface area contributed by atoms with Gasteiger partial charge in [-0.05, 0) is 13.8 Å². The first-order chi connectivity index (χ1) is 6.65. The van der Waals surface area contributed by atoms with Crippen molar-refractivity contribution in [3.63, 3.8) is 0 Å². The summed E-state index contributed by atoms with van der Waals surface area (Å²) in [6, 6.07) is 0. The van der Waals surface area contributed by atoms with Crippen LogP contribution in [0.2, 0.25) is 0 Å². The number of hydrogen-bond donors (Lipinski definition) is 1. The maximum Gasteiger partial charge on any atom is 0.319 e. The summed E-state index contributed by atoms with van der Waals surface area (Å²) in [6.07, 6.45) is 1.38. The Morgan fingerprint density at radius 2 is 2.57 bits per heavy atom. The van der Waals surface area contributed by atoms with Gasteiger partial charge in [-0.2, -0.15) is 0 Å². The lowest BCUT2D eigenvalue weighted by atomic mass is 10.5. The minimum atomic E-state index is -0.332. The molecule has 7 heteroatoms. The molecule has 0 fully saturated rings. The fourth-order valence-electron chi connectivity index (χ4n) is 0.782. The number of carbonyl (C=O) groups is 1. The summed E-state index contributed by atoms with van der Waals surface area (Å²) in [7, 11) is 0. The molecule has 1 aromatic rings. The van der Waals surface area contributed by atoms with Crippen LogP contribution in [-0.4, -0.2) is 32.7 Å². The van der Waals surface area contributed by atoms with Crippen LogP contribution in [0, 0.1) is 0 Å². The van der Waals surface area contributed by atoms with Gasteiger partial charge in [-0.3, -0.25) is 4.79 Å². The summed E-state index contributed by atoms with van der Waals surface area (Å²) in [4.78, 5) is 11.2. The first kappa shape index (κ1) is 10.8. The third-order valence-electron chi connectivity index (χ3n) is 1.44. The van der Waals surface area contributed by atoms with Gasteiger partial charge >= 0.3 is 5.97 Å². The summed E-state index contributed by atoms with van der Waals surface area (Å²) in [6.45, 7) is 3.87. The Kier molecular flexibility index (Phi) is 3.75.